The molecule has 2 N–H and O–H groups in total. The van der Waals surface area contributed by atoms with Gasteiger partial charge >= 0.3 is 0 Å². The maximum atomic E-state index is 5.53. The topological polar surface area (TPSA) is 48.1 Å². The monoisotopic (exact) mass is 292 g/mol. The molecule has 0 fully saturated rings. The zero-order valence-electron chi connectivity index (χ0n) is 9.25. The Morgan fingerprint density at radius 2 is 2.00 bits per heavy atom. The molecular weight excluding hydrogens is 279 g/mol. The highest BCUT2D eigenvalue weighted by Gasteiger charge is 2.08. The molecule has 1 aromatic carbocycles. The number of nitrogens with zero attached hydrogens (tertiary/aromatic N) is 1. The predicted octanol–water partition coefficient (Wildman–Crippen LogP) is 3.12. The number of halogens is 2. The van der Waals surface area contributed by atoms with E-state index in [4.69, 9.17) is 10.5 Å². The molecule has 0 aliphatic heterocycles. The van der Waals surface area contributed by atoms with Crippen molar-refractivity contribution in [3.05, 3.63) is 34.7 Å². The Kier molecular flexibility index (Phi) is 7.15. The van der Waals surface area contributed by atoms with Crippen molar-refractivity contribution >= 4 is 36.2 Å². The molecule has 0 saturated heterocycles. The standard InChI is InChI=1S/C11H12N2OS.2ClH/c1-14-10-5-3-2-4-8(10)9-7-15-11(6-12)13-9;;/h2-5,7H,6,12H2,1H3;2*1H. The molecule has 6 heteroatoms. The van der Waals surface area contributed by atoms with Crippen molar-refractivity contribution in [3.8, 4) is 17.0 Å². The fourth-order valence-electron chi connectivity index (χ4n) is 1.38. The summed E-state index contributed by atoms with van der Waals surface area (Å²) in [6.45, 7) is 0.486. The molecule has 0 saturated carbocycles. The highest BCUT2D eigenvalue weighted by atomic mass is 35.5. The minimum atomic E-state index is 0. The number of nitrogens with two attached hydrogens (primary N) is 1. The summed E-state index contributed by atoms with van der Waals surface area (Å²) in [5, 5.41) is 2.94. The molecule has 0 amide bonds. The molecule has 0 atom stereocenters. The minimum Gasteiger partial charge on any atom is -0.496 e. The van der Waals surface area contributed by atoms with Crippen LogP contribution in [0.2, 0.25) is 0 Å². The lowest BCUT2D eigenvalue weighted by Gasteiger charge is -2.04. The second-order valence-corrected chi connectivity index (χ2v) is 3.97. The Morgan fingerprint density at radius 1 is 1.29 bits per heavy atom. The Hall–Kier alpha value is -0.810. The van der Waals surface area contributed by atoms with Gasteiger partial charge in [0.15, 0.2) is 0 Å². The number of para-hydroxylation sites is 1. The van der Waals surface area contributed by atoms with Crippen molar-refractivity contribution in [2.24, 2.45) is 5.73 Å². The highest BCUT2D eigenvalue weighted by molar-refractivity contribution is 7.09. The Morgan fingerprint density at radius 3 is 2.59 bits per heavy atom. The number of hydrogen-bond acceptors (Lipinski definition) is 4. The van der Waals surface area contributed by atoms with Gasteiger partial charge in [0.05, 0.1) is 12.8 Å². The molecule has 94 valence electrons. The molecule has 3 nitrogen and oxygen atoms in total. The smallest absolute Gasteiger partial charge is 0.128 e. The van der Waals surface area contributed by atoms with Gasteiger partial charge in [-0.1, -0.05) is 12.1 Å². The van der Waals surface area contributed by atoms with Crippen LogP contribution in [0.5, 0.6) is 5.75 Å². The van der Waals surface area contributed by atoms with Crippen molar-refractivity contribution in [2.45, 2.75) is 6.54 Å². The van der Waals surface area contributed by atoms with E-state index in [1.165, 1.54) is 0 Å². The van der Waals surface area contributed by atoms with E-state index >= 15 is 0 Å². The van der Waals surface area contributed by atoms with Crippen LogP contribution in [-0.2, 0) is 6.54 Å². The van der Waals surface area contributed by atoms with Gasteiger partial charge in [0.1, 0.15) is 10.8 Å². The molecule has 1 aromatic heterocycles. The molecule has 1 heterocycles. The summed E-state index contributed by atoms with van der Waals surface area (Å²) in [5.74, 6) is 0.839. The molecule has 0 aliphatic carbocycles. The van der Waals surface area contributed by atoms with Crippen LogP contribution in [0.3, 0.4) is 0 Å². The van der Waals surface area contributed by atoms with E-state index in [1.807, 2.05) is 29.6 Å². The van der Waals surface area contributed by atoms with E-state index in [9.17, 15) is 0 Å². The van der Waals surface area contributed by atoms with Crippen molar-refractivity contribution in [3.63, 3.8) is 0 Å². The van der Waals surface area contributed by atoms with E-state index in [-0.39, 0.29) is 24.8 Å². The van der Waals surface area contributed by atoms with Crippen molar-refractivity contribution in [1.82, 2.24) is 4.98 Å². The quantitative estimate of drug-likeness (QED) is 0.946. The van der Waals surface area contributed by atoms with Gasteiger partial charge in [-0.25, -0.2) is 4.98 Å². The molecular formula is C11H14Cl2N2OS. The van der Waals surface area contributed by atoms with E-state index in [2.05, 4.69) is 4.98 Å². The van der Waals surface area contributed by atoms with E-state index < -0.39 is 0 Å². The molecule has 0 bridgehead atoms. The van der Waals surface area contributed by atoms with Crippen LogP contribution < -0.4 is 10.5 Å². The first-order chi connectivity index (χ1) is 7.35. The Labute approximate surface area is 117 Å². The predicted molar refractivity (Wildman–Crippen MR) is 76.5 cm³/mol. The first-order valence-corrected chi connectivity index (χ1v) is 5.51. The summed E-state index contributed by atoms with van der Waals surface area (Å²) >= 11 is 1.57. The third kappa shape index (κ3) is 3.57. The number of aromatic nitrogens is 1. The van der Waals surface area contributed by atoms with Crippen molar-refractivity contribution in [1.29, 1.82) is 0 Å². The second-order valence-electron chi connectivity index (χ2n) is 3.03. The van der Waals surface area contributed by atoms with Gasteiger partial charge in [-0.2, -0.15) is 0 Å². The fraction of sp³-hybridized carbons (Fsp3) is 0.182. The average Bonchev–Trinajstić information content (AvgIpc) is 2.77. The zero-order chi connectivity index (χ0) is 10.7. The number of thiazole rings is 1. The molecule has 0 radical (unpaired) electrons. The molecule has 2 rings (SSSR count). The van der Waals surface area contributed by atoms with E-state index in [0.717, 1.165) is 22.0 Å². The summed E-state index contributed by atoms with van der Waals surface area (Å²) in [6.07, 6.45) is 0. The Balaban J connectivity index is 0.00000128. The van der Waals surface area contributed by atoms with Gasteiger partial charge in [-0.15, -0.1) is 36.2 Å². The largest absolute Gasteiger partial charge is 0.496 e. The lowest BCUT2D eigenvalue weighted by atomic mass is 10.1. The lowest BCUT2D eigenvalue weighted by Crippen LogP contribution is -1.95. The first kappa shape index (κ1) is 16.2. The number of benzene rings is 1. The van der Waals surface area contributed by atoms with Crippen LogP contribution in [0, 0.1) is 0 Å². The van der Waals surface area contributed by atoms with Crippen LogP contribution >= 0.6 is 36.2 Å². The molecule has 0 unspecified atom stereocenters. The van der Waals surface area contributed by atoms with Gasteiger partial charge in [-0.3, -0.25) is 0 Å². The maximum Gasteiger partial charge on any atom is 0.128 e. The second kappa shape index (κ2) is 7.50. The number of ether oxygens (including phenoxy) is 1. The van der Waals surface area contributed by atoms with Gasteiger partial charge in [0, 0.05) is 17.5 Å². The van der Waals surface area contributed by atoms with Crippen LogP contribution in [0.4, 0.5) is 0 Å². The summed E-state index contributed by atoms with van der Waals surface area (Å²) in [5.41, 5.74) is 7.47. The van der Waals surface area contributed by atoms with E-state index in [1.54, 1.807) is 18.4 Å². The molecule has 0 aliphatic rings. The van der Waals surface area contributed by atoms with Crippen LogP contribution in [0.25, 0.3) is 11.3 Å². The average molecular weight is 293 g/mol. The van der Waals surface area contributed by atoms with Gasteiger partial charge in [0.2, 0.25) is 0 Å². The lowest BCUT2D eigenvalue weighted by molar-refractivity contribution is 0.416. The van der Waals surface area contributed by atoms with Gasteiger partial charge in [0.25, 0.3) is 0 Å². The first-order valence-electron chi connectivity index (χ1n) is 4.63. The number of methoxy groups -OCH3 is 1. The zero-order valence-corrected chi connectivity index (χ0v) is 11.7. The van der Waals surface area contributed by atoms with Gasteiger partial charge in [-0.05, 0) is 12.1 Å². The summed E-state index contributed by atoms with van der Waals surface area (Å²) < 4.78 is 5.28. The normalized spacial score (nSPS) is 9.06. The fourth-order valence-corrected chi connectivity index (χ4v) is 2.06. The van der Waals surface area contributed by atoms with Crippen LogP contribution in [0.15, 0.2) is 29.6 Å². The highest BCUT2D eigenvalue weighted by Crippen LogP contribution is 2.30. The summed E-state index contributed by atoms with van der Waals surface area (Å²) in [7, 11) is 1.66. The maximum absolute atomic E-state index is 5.53. The summed E-state index contributed by atoms with van der Waals surface area (Å²) in [4.78, 5) is 4.42. The SMILES string of the molecule is COc1ccccc1-c1csc(CN)n1.Cl.Cl. The molecule has 2 aromatic rings. The van der Waals surface area contributed by atoms with E-state index in [0.29, 0.717) is 6.54 Å². The number of hydrogen-bond donors (Lipinski definition) is 1. The molecule has 0 spiro atoms. The number of rotatable bonds is 3. The van der Waals surface area contributed by atoms with Crippen LogP contribution in [0.1, 0.15) is 5.01 Å². The third-order valence-corrected chi connectivity index (χ3v) is 2.98. The minimum absolute atomic E-state index is 0. The van der Waals surface area contributed by atoms with Gasteiger partial charge < -0.3 is 10.5 Å². The van der Waals surface area contributed by atoms with Crippen LogP contribution in [-0.4, -0.2) is 12.1 Å². The molecule has 17 heavy (non-hydrogen) atoms. The third-order valence-electron chi connectivity index (χ3n) is 2.11. The Bertz CT molecular complexity index is 462. The van der Waals surface area contributed by atoms with Crippen molar-refractivity contribution < 1.29 is 4.74 Å². The van der Waals surface area contributed by atoms with Crippen molar-refractivity contribution in [2.75, 3.05) is 7.11 Å². The summed E-state index contributed by atoms with van der Waals surface area (Å²) in [6, 6.07) is 7.84.